The fourth-order valence-electron chi connectivity index (χ4n) is 3.16. The molecule has 0 bridgehead atoms. The van der Waals surface area contributed by atoms with E-state index in [-0.39, 0.29) is 11.7 Å². The van der Waals surface area contributed by atoms with E-state index in [1.165, 1.54) is 11.3 Å². The number of fused-ring (bicyclic) bond motifs is 1. The summed E-state index contributed by atoms with van der Waals surface area (Å²) in [6.45, 7) is 4.58. The number of phenolic OH excluding ortho intramolecular Hbond substituents is 1. The summed E-state index contributed by atoms with van der Waals surface area (Å²) in [5.74, 6) is 0.287. The van der Waals surface area contributed by atoms with E-state index >= 15 is 0 Å². The number of thiazole rings is 1. The number of amides is 1. The van der Waals surface area contributed by atoms with Crippen LogP contribution in [0, 0.1) is 13.8 Å². The summed E-state index contributed by atoms with van der Waals surface area (Å²) in [4.78, 5) is 22.5. The highest BCUT2D eigenvalue weighted by Gasteiger charge is 2.20. The van der Waals surface area contributed by atoms with Crippen molar-refractivity contribution >= 4 is 38.4 Å². The summed E-state index contributed by atoms with van der Waals surface area (Å²) in [5.41, 5.74) is 4.07. The molecule has 0 saturated carbocycles. The number of aromatic nitrogens is 3. The van der Waals surface area contributed by atoms with Gasteiger partial charge in [0, 0.05) is 25.7 Å². The van der Waals surface area contributed by atoms with Gasteiger partial charge in [0.15, 0.2) is 5.65 Å². The molecule has 0 spiro atoms. The molecule has 1 amide bonds. The largest absolute Gasteiger partial charge is 0.506 e. The first-order chi connectivity index (χ1) is 12.4. The number of piperidine rings is 1. The maximum atomic E-state index is 11.8. The lowest BCUT2D eigenvalue weighted by Crippen LogP contribution is -2.35. The number of phenols is 1. The van der Waals surface area contributed by atoms with Crippen LogP contribution in [-0.4, -0.2) is 50.0 Å². The van der Waals surface area contributed by atoms with Gasteiger partial charge in [-0.1, -0.05) is 17.4 Å². The van der Waals surface area contributed by atoms with Gasteiger partial charge in [-0.15, -0.1) is 5.10 Å². The van der Waals surface area contributed by atoms with Crippen LogP contribution < -0.4 is 0 Å². The maximum Gasteiger partial charge on any atom is 0.227 e. The van der Waals surface area contributed by atoms with Gasteiger partial charge in [-0.05, 0) is 31.0 Å². The molecule has 8 heteroatoms. The fourth-order valence-corrected chi connectivity index (χ4v) is 3.99. The highest BCUT2D eigenvalue weighted by molar-refractivity contribution is 7.21. The average molecular weight is 369 g/mol. The SMILES string of the molecule is Cc1cc(C)c(-n2cc3sc(N=C4CCN(C)C(=O)C4)nc3n2)c(O)c1. The summed E-state index contributed by atoms with van der Waals surface area (Å²) in [6, 6.07) is 3.73. The Morgan fingerprint density at radius 1 is 1.31 bits per heavy atom. The van der Waals surface area contributed by atoms with Gasteiger partial charge in [-0.3, -0.25) is 4.79 Å². The number of carbonyl (C=O) groups is 1. The van der Waals surface area contributed by atoms with Crippen molar-refractivity contribution < 1.29 is 9.90 Å². The topological polar surface area (TPSA) is 83.6 Å². The molecule has 134 valence electrons. The number of aromatic hydroxyl groups is 1. The lowest BCUT2D eigenvalue weighted by molar-refractivity contribution is -0.129. The smallest absolute Gasteiger partial charge is 0.227 e. The summed E-state index contributed by atoms with van der Waals surface area (Å²) in [5, 5.41) is 15.4. The molecule has 2 aromatic heterocycles. The van der Waals surface area contributed by atoms with Crippen LogP contribution in [0.3, 0.4) is 0 Å². The lowest BCUT2D eigenvalue weighted by atomic mass is 10.1. The number of aliphatic imine (C=N–C) groups is 1. The van der Waals surface area contributed by atoms with Crippen molar-refractivity contribution in [3.63, 3.8) is 0 Å². The Kier molecular flexibility index (Phi) is 3.99. The molecule has 1 N–H and O–H groups in total. The first kappa shape index (κ1) is 16.7. The Hall–Kier alpha value is -2.74. The summed E-state index contributed by atoms with van der Waals surface area (Å²) in [7, 11) is 1.81. The van der Waals surface area contributed by atoms with Crippen LogP contribution in [0.5, 0.6) is 5.75 Å². The number of aryl methyl sites for hydroxylation is 2. The predicted octanol–water partition coefficient (Wildman–Crippen LogP) is 3.13. The monoisotopic (exact) mass is 369 g/mol. The minimum Gasteiger partial charge on any atom is -0.506 e. The van der Waals surface area contributed by atoms with Crippen molar-refractivity contribution in [1.82, 2.24) is 19.7 Å². The van der Waals surface area contributed by atoms with Crippen molar-refractivity contribution in [3.05, 3.63) is 29.5 Å². The molecule has 26 heavy (non-hydrogen) atoms. The van der Waals surface area contributed by atoms with Gasteiger partial charge in [-0.2, -0.15) is 4.98 Å². The van der Waals surface area contributed by atoms with Gasteiger partial charge in [0.1, 0.15) is 11.4 Å². The number of hydrogen-bond acceptors (Lipinski definition) is 6. The molecule has 3 heterocycles. The maximum absolute atomic E-state index is 11.8. The lowest BCUT2D eigenvalue weighted by Gasteiger charge is -2.22. The molecule has 0 radical (unpaired) electrons. The van der Waals surface area contributed by atoms with E-state index in [2.05, 4.69) is 15.1 Å². The number of carbonyl (C=O) groups excluding carboxylic acids is 1. The van der Waals surface area contributed by atoms with Crippen molar-refractivity contribution in [2.75, 3.05) is 13.6 Å². The normalized spacial score (nSPS) is 16.8. The Balaban J connectivity index is 1.66. The second-order valence-corrected chi connectivity index (χ2v) is 7.64. The number of likely N-dealkylation sites (tertiary alicyclic amines) is 1. The van der Waals surface area contributed by atoms with Crippen molar-refractivity contribution in [1.29, 1.82) is 0 Å². The minimum absolute atomic E-state index is 0.0897. The molecule has 1 aromatic carbocycles. The third-order valence-corrected chi connectivity index (χ3v) is 5.36. The molecule has 1 saturated heterocycles. The molecular formula is C18H19N5O2S. The van der Waals surface area contributed by atoms with Crippen LogP contribution in [0.4, 0.5) is 5.13 Å². The van der Waals surface area contributed by atoms with Gasteiger partial charge < -0.3 is 10.0 Å². The third-order valence-electron chi connectivity index (χ3n) is 4.49. The van der Waals surface area contributed by atoms with Crippen LogP contribution in [0.1, 0.15) is 24.0 Å². The minimum atomic E-state index is 0.0897. The van der Waals surface area contributed by atoms with Gasteiger partial charge >= 0.3 is 0 Å². The zero-order valence-electron chi connectivity index (χ0n) is 14.9. The average Bonchev–Trinajstić information content (AvgIpc) is 3.08. The van der Waals surface area contributed by atoms with E-state index in [1.807, 2.05) is 33.2 Å². The highest BCUT2D eigenvalue weighted by atomic mass is 32.1. The first-order valence-electron chi connectivity index (χ1n) is 8.38. The highest BCUT2D eigenvalue weighted by Crippen LogP contribution is 2.32. The second kappa shape index (κ2) is 6.21. The summed E-state index contributed by atoms with van der Waals surface area (Å²) < 4.78 is 2.55. The van der Waals surface area contributed by atoms with Crippen LogP contribution >= 0.6 is 11.3 Å². The molecule has 0 atom stereocenters. The van der Waals surface area contributed by atoms with Crippen molar-refractivity contribution in [2.45, 2.75) is 26.7 Å². The number of nitrogens with zero attached hydrogens (tertiary/aromatic N) is 5. The molecule has 1 aliphatic heterocycles. The number of hydrogen-bond donors (Lipinski definition) is 1. The Labute approximate surface area is 154 Å². The van der Waals surface area contributed by atoms with Crippen LogP contribution in [0.25, 0.3) is 16.0 Å². The number of rotatable bonds is 2. The quantitative estimate of drug-likeness (QED) is 0.752. The number of benzene rings is 1. The molecule has 0 aliphatic carbocycles. The summed E-state index contributed by atoms with van der Waals surface area (Å²) >= 11 is 1.43. The first-order valence-corrected chi connectivity index (χ1v) is 9.19. The fraction of sp³-hybridized carbons (Fsp3) is 0.333. The molecular weight excluding hydrogens is 350 g/mol. The Bertz CT molecular complexity index is 995. The van der Waals surface area contributed by atoms with Gasteiger partial charge in [0.2, 0.25) is 11.0 Å². The molecule has 3 aromatic rings. The molecule has 0 unspecified atom stereocenters. The Morgan fingerprint density at radius 3 is 2.81 bits per heavy atom. The zero-order valence-corrected chi connectivity index (χ0v) is 15.7. The molecule has 1 fully saturated rings. The van der Waals surface area contributed by atoms with Crippen molar-refractivity contribution in [2.24, 2.45) is 4.99 Å². The van der Waals surface area contributed by atoms with Crippen LogP contribution in [0.15, 0.2) is 23.3 Å². The summed E-state index contributed by atoms with van der Waals surface area (Å²) in [6.07, 6.45) is 2.98. The van der Waals surface area contributed by atoms with E-state index < -0.39 is 0 Å². The third kappa shape index (κ3) is 2.96. The Morgan fingerprint density at radius 2 is 2.12 bits per heavy atom. The van der Waals surface area contributed by atoms with Gasteiger partial charge in [0.25, 0.3) is 0 Å². The van der Waals surface area contributed by atoms with E-state index in [4.69, 9.17) is 0 Å². The van der Waals surface area contributed by atoms with Crippen LogP contribution in [0.2, 0.25) is 0 Å². The van der Waals surface area contributed by atoms with Crippen molar-refractivity contribution in [3.8, 4) is 11.4 Å². The van der Waals surface area contributed by atoms with E-state index in [1.54, 1.807) is 15.6 Å². The second-order valence-electron chi connectivity index (χ2n) is 6.63. The van der Waals surface area contributed by atoms with Gasteiger partial charge in [-0.25, -0.2) is 9.67 Å². The molecule has 1 aliphatic rings. The zero-order chi connectivity index (χ0) is 18.4. The van der Waals surface area contributed by atoms with Gasteiger partial charge in [0.05, 0.1) is 17.3 Å². The standard InChI is InChI=1S/C18H19N5O2S/c1-10-6-11(2)16(13(24)7-10)23-9-14-17(21-23)20-18(26-14)19-12-4-5-22(3)15(25)8-12/h6-7,9,24H,4-5,8H2,1-3H3. The van der Waals surface area contributed by atoms with E-state index in [0.717, 1.165) is 28.0 Å². The molecule has 7 nitrogen and oxygen atoms in total. The van der Waals surface area contributed by atoms with Crippen LogP contribution in [-0.2, 0) is 4.79 Å². The molecule has 4 rings (SSSR count). The van der Waals surface area contributed by atoms with E-state index in [0.29, 0.717) is 29.4 Å². The van der Waals surface area contributed by atoms with E-state index in [9.17, 15) is 9.90 Å². The predicted molar refractivity (Wildman–Crippen MR) is 102 cm³/mol.